The molecule has 0 fully saturated rings. The Morgan fingerprint density at radius 2 is 1.45 bits per heavy atom. The van der Waals surface area contributed by atoms with Gasteiger partial charge < -0.3 is 10.5 Å². The average Bonchev–Trinajstić information content (AvgIpc) is 3.02. The second-order valence-electron chi connectivity index (χ2n) is 7.04. The number of carbonyl (C=O) groups is 4. The molecule has 31 heavy (non-hydrogen) atoms. The highest BCUT2D eigenvalue weighted by molar-refractivity contribution is 6.21. The fourth-order valence-corrected chi connectivity index (χ4v) is 3.42. The number of imide groups is 1. The number of nitrogens with two attached hydrogens (primary N) is 1. The van der Waals surface area contributed by atoms with Crippen molar-refractivity contribution in [1.29, 1.82) is 0 Å². The molecule has 0 saturated carbocycles. The van der Waals surface area contributed by atoms with Crippen LogP contribution in [0.3, 0.4) is 0 Å². The van der Waals surface area contributed by atoms with E-state index in [-0.39, 0.29) is 23.2 Å². The van der Waals surface area contributed by atoms with E-state index < -0.39 is 29.8 Å². The SMILES string of the molecule is NC(=O)C(OC(=O)c1ccc2c(c1)C(=O)N(Cc1ccccc1)C2=O)c1ccccc1. The van der Waals surface area contributed by atoms with E-state index in [0.717, 1.165) is 10.5 Å². The molecular formula is C24H18N2O5. The van der Waals surface area contributed by atoms with Crippen LogP contribution in [0.5, 0.6) is 0 Å². The van der Waals surface area contributed by atoms with Crippen LogP contribution in [-0.4, -0.2) is 28.6 Å². The Balaban J connectivity index is 1.56. The Hall–Kier alpha value is -4.26. The first-order chi connectivity index (χ1) is 15.0. The van der Waals surface area contributed by atoms with Gasteiger partial charge in [0.1, 0.15) is 0 Å². The molecular weight excluding hydrogens is 396 g/mol. The van der Waals surface area contributed by atoms with Crippen LogP contribution < -0.4 is 5.73 Å². The zero-order valence-corrected chi connectivity index (χ0v) is 16.4. The zero-order valence-electron chi connectivity index (χ0n) is 16.4. The molecule has 3 aromatic rings. The fourth-order valence-electron chi connectivity index (χ4n) is 3.42. The standard InChI is InChI=1S/C24H18N2O5/c25-21(27)20(16-9-5-2-6-10-16)31-24(30)17-11-12-18-19(13-17)23(29)26(22(18)28)14-15-7-3-1-4-8-15/h1-13,20H,14H2,(H2,25,27). The van der Waals surface area contributed by atoms with Crippen LogP contribution in [0.4, 0.5) is 0 Å². The number of rotatable bonds is 6. The van der Waals surface area contributed by atoms with Gasteiger partial charge in [-0.1, -0.05) is 60.7 Å². The number of hydrogen-bond acceptors (Lipinski definition) is 5. The van der Waals surface area contributed by atoms with Gasteiger partial charge in [-0.15, -0.1) is 0 Å². The summed E-state index contributed by atoms with van der Waals surface area (Å²) in [6.07, 6.45) is -1.27. The topological polar surface area (TPSA) is 107 Å². The predicted octanol–water partition coefficient (Wildman–Crippen LogP) is 2.87. The van der Waals surface area contributed by atoms with Crippen LogP contribution in [-0.2, 0) is 16.1 Å². The lowest BCUT2D eigenvalue weighted by atomic mass is 10.1. The maximum Gasteiger partial charge on any atom is 0.339 e. The summed E-state index contributed by atoms with van der Waals surface area (Å²) in [6, 6.07) is 21.6. The molecule has 7 nitrogen and oxygen atoms in total. The number of nitrogens with zero attached hydrogens (tertiary/aromatic N) is 1. The van der Waals surface area contributed by atoms with Gasteiger partial charge >= 0.3 is 5.97 Å². The van der Waals surface area contributed by atoms with Gasteiger partial charge in [0.2, 0.25) is 6.10 Å². The number of fused-ring (bicyclic) bond motifs is 1. The third-order valence-electron chi connectivity index (χ3n) is 4.98. The summed E-state index contributed by atoms with van der Waals surface area (Å²) in [7, 11) is 0. The van der Waals surface area contributed by atoms with Crippen LogP contribution in [0.2, 0.25) is 0 Å². The summed E-state index contributed by atoms with van der Waals surface area (Å²) in [5.74, 6) is -2.56. The van der Waals surface area contributed by atoms with Gasteiger partial charge in [-0.2, -0.15) is 0 Å². The van der Waals surface area contributed by atoms with E-state index in [1.165, 1.54) is 18.2 Å². The lowest BCUT2D eigenvalue weighted by molar-refractivity contribution is -0.127. The number of hydrogen-bond donors (Lipinski definition) is 1. The molecule has 1 aliphatic rings. The molecule has 0 spiro atoms. The molecule has 0 radical (unpaired) electrons. The summed E-state index contributed by atoms with van der Waals surface area (Å²) in [4.78, 5) is 51.1. The van der Waals surface area contributed by atoms with E-state index >= 15 is 0 Å². The van der Waals surface area contributed by atoms with Crippen molar-refractivity contribution in [3.8, 4) is 0 Å². The average molecular weight is 414 g/mol. The molecule has 4 rings (SSSR count). The molecule has 0 bridgehead atoms. The van der Waals surface area contributed by atoms with Gasteiger partial charge in [-0.25, -0.2) is 4.79 Å². The van der Waals surface area contributed by atoms with Crippen LogP contribution >= 0.6 is 0 Å². The Kier molecular flexibility index (Phi) is 5.32. The number of benzene rings is 3. The van der Waals surface area contributed by atoms with Gasteiger partial charge in [0.05, 0.1) is 23.2 Å². The minimum atomic E-state index is -1.27. The number of amides is 3. The van der Waals surface area contributed by atoms with Crippen molar-refractivity contribution >= 4 is 23.7 Å². The zero-order chi connectivity index (χ0) is 22.0. The van der Waals surface area contributed by atoms with Crippen molar-refractivity contribution in [3.63, 3.8) is 0 Å². The van der Waals surface area contributed by atoms with Gasteiger partial charge in [0, 0.05) is 5.56 Å². The second-order valence-corrected chi connectivity index (χ2v) is 7.04. The van der Waals surface area contributed by atoms with Crippen molar-refractivity contribution < 1.29 is 23.9 Å². The number of primary amides is 1. The van der Waals surface area contributed by atoms with Crippen molar-refractivity contribution in [1.82, 2.24) is 4.90 Å². The third kappa shape index (κ3) is 3.93. The quantitative estimate of drug-likeness (QED) is 0.493. The summed E-state index contributed by atoms with van der Waals surface area (Å²) >= 11 is 0. The molecule has 0 aliphatic carbocycles. The summed E-state index contributed by atoms with van der Waals surface area (Å²) in [5.41, 5.74) is 7.02. The molecule has 1 heterocycles. The van der Waals surface area contributed by atoms with E-state index in [0.29, 0.717) is 5.56 Å². The van der Waals surface area contributed by atoms with E-state index in [9.17, 15) is 19.2 Å². The Morgan fingerprint density at radius 1 is 0.839 bits per heavy atom. The maximum atomic E-state index is 12.8. The molecule has 154 valence electrons. The summed E-state index contributed by atoms with van der Waals surface area (Å²) in [5, 5.41) is 0. The van der Waals surface area contributed by atoms with E-state index in [4.69, 9.17) is 10.5 Å². The summed E-state index contributed by atoms with van der Waals surface area (Å²) < 4.78 is 5.31. The molecule has 3 aromatic carbocycles. The first kappa shape index (κ1) is 20.0. The molecule has 1 unspecified atom stereocenters. The second kappa shape index (κ2) is 8.23. The molecule has 2 N–H and O–H groups in total. The molecule has 0 saturated heterocycles. The molecule has 7 heteroatoms. The maximum absolute atomic E-state index is 12.8. The highest BCUT2D eigenvalue weighted by atomic mass is 16.5. The predicted molar refractivity (Wildman–Crippen MR) is 111 cm³/mol. The fraction of sp³-hybridized carbons (Fsp3) is 0.0833. The Morgan fingerprint density at radius 3 is 2.10 bits per heavy atom. The number of carbonyl (C=O) groups excluding carboxylic acids is 4. The first-order valence-corrected chi connectivity index (χ1v) is 9.55. The highest BCUT2D eigenvalue weighted by Gasteiger charge is 2.36. The van der Waals surface area contributed by atoms with Crippen molar-refractivity contribution in [2.24, 2.45) is 5.73 Å². The van der Waals surface area contributed by atoms with E-state index in [2.05, 4.69) is 0 Å². The lowest BCUT2D eigenvalue weighted by Crippen LogP contribution is -2.29. The smallest absolute Gasteiger partial charge is 0.339 e. The van der Waals surface area contributed by atoms with Crippen LogP contribution in [0.25, 0.3) is 0 Å². The van der Waals surface area contributed by atoms with Crippen molar-refractivity contribution in [2.45, 2.75) is 12.6 Å². The van der Waals surface area contributed by atoms with Gasteiger partial charge in [0.15, 0.2) is 0 Å². The summed E-state index contributed by atoms with van der Waals surface area (Å²) in [6.45, 7) is 0.130. The van der Waals surface area contributed by atoms with Gasteiger partial charge in [-0.05, 0) is 23.8 Å². The van der Waals surface area contributed by atoms with Crippen LogP contribution in [0.1, 0.15) is 48.3 Å². The van der Waals surface area contributed by atoms with Crippen LogP contribution in [0.15, 0.2) is 78.9 Å². The first-order valence-electron chi connectivity index (χ1n) is 9.55. The Bertz CT molecular complexity index is 1180. The van der Waals surface area contributed by atoms with Crippen LogP contribution in [0, 0.1) is 0 Å². The van der Waals surface area contributed by atoms with Crippen molar-refractivity contribution in [2.75, 3.05) is 0 Å². The highest BCUT2D eigenvalue weighted by Crippen LogP contribution is 2.27. The molecule has 3 amide bonds. The lowest BCUT2D eigenvalue weighted by Gasteiger charge is -2.15. The minimum Gasteiger partial charge on any atom is -0.444 e. The van der Waals surface area contributed by atoms with E-state index in [1.807, 2.05) is 30.3 Å². The van der Waals surface area contributed by atoms with Crippen molar-refractivity contribution in [3.05, 3.63) is 107 Å². The number of esters is 1. The monoisotopic (exact) mass is 414 g/mol. The largest absolute Gasteiger partial charge is 0.444 e. The number of ether oxygens (including phenoxy) is 1. The Labute approximate surface area is 178 Å². The van der Waals surface area contributed by atoms with Gasteiger partial charge in [-0.3, -0.25) is 19.3 Å². The molecule has 1 aliphatic heterocycles. The molecule has 0 aromatic heterocycles. The van der Waals surface area contributed by atoms with Gasteiger partial charge in [0.25, 0.3) is 17.7 Å². The third-order valence-corrected chi connectivity index (χ3v) is 4.98. The molecule has 1 atom stereocenters. The normalized spacial score (nSPS) is 13.6. The minimum absolute atomic E-state index is 0.0450. The van der Waals surface area contributed by atoms with E-state index in [1.54, 1.807) is 30.3 Å².